The zero-order chi connectivity index (χ0) is 26.1. The SMILES string of the molecule is CCOc1ccc(C(=O)Oc2ccc(C=NNC(=O)C(=O)Nc3ccc(Cl)c(Cl)c3)cc2OC)cc1. The molecule has 0 saturated heterocycles. The van der Waals surface area contributed by atoms with E-state index in [9.17, 15) is 14.4 Å². The van der Waals surface area contributed by atoms with E-state index in [0.29, 0.717) is 34.2 Å². The van der Waals surface area contributed by atoms with Crippen LogP contribution in [0, 0.1) is 0 Å². The summed E-state index contributed by atoms with van der Waals surface area (Å²) in [4.78, 5) is 36.5. The number of amides is 2. The molecule has 0 unspecified atom stereocenters. The van der Waals surface area contributed by atoms with Crippen LogP contribution in [0.15, 0.2) is 65.8 Å². The maximum absolute atomic E-state index is 12.5. The van der Waals surface area contributed by atoms with Gasteiger partial charge in [-0.3, -0.25) is 9.59 Å². The van der Waals surface area contributed by atoms with Crippen molar-refractivity contribution in [2.24, 2.45) is 5.10 Å². The molecule has 0 bridgehead atoms. The molecule has 0 aliphatic rings. The van der Waals surface area contributed by atoms with Crippen molar-refractivity contribution in [3.05, 3.63) is 81.8 Å². The molecule has 0 atom stereocenters. The Bertz CT molecular complexity index is 1300. The van der Waals surface area contributed by atoms with Gasteiger partial charge in [0.2, 0.25) is 0 Å². The van der Waals surface area contributed by atoms with Gasteiger partial charge in [-0.2, -0.15) is 5.10 Å². The van der Waals surface area contributed by atoms with E-state index < -0.39 is 17.8 Å². The minimum Gasteiger partial charge on any atom is -0.494 e. The van der Waals surface area contributed by atoms with E-state index >= 15 is 0 Å². The van der Waals surface area contributed by atoms with Gasteiger partial charge in [0.15, 0.2) is 11.5 Å². The molecule has 0 aliphatic heterocycles. The van der Waals surface area contributed by atoms with Crippen LogP contribution < -0.4 is 25.0 Å². The zero-order valence-electron chi connectivity index (χ0n) is 19.2. The van der Waals surface area contributed by atoms with Crippen molar-refractivity contribution in [3.63, 3.8) is 0 Å². The summed E-state index contributed by atoms with van der Waals surface area (Å²) in [5.41, 5.74) is 3.27. The monoisotopic (exact) mass is 529 g/mol. The molecule has 0 aliphatic carbocycles. The third-order valence-corrected chi connectivity index (χ3v) is 5.29. The Balaban J connectivity index is 1.59. The largest absolute Gasteiger partial charge is 0.494 e. The van der Waals surface area contributed by atoms with Crippen LogP contribution in [0.4, 0.5) is 5.69 Å². The maximum atomic E-state index is 12.5. The molecular weight excluding hydrogens is 509 g/mol. The molecule has 186 valence electrons. The second-order valence-electron chi connectivity index (χ2n) is 7.04. The normalized spacial score (nSPS) is 10.6. The van der Waals surface area contributed by atoms with E-state index in [2.05, 4.69) is 15.8 Å². The predicted octanol–water partition coefficient (Wildman–Crippen LogP) is 4.71. The number of carbonyl (C=O) groups excluding carboxylic acids is 3. The molecule has 9 nitrogen and oxygen atoms in total. The number of carbonyl (C=O) groups is 3. The Labute approximate surface area is 216 Å². The van der Waals surface area contributed by atoms with Crippen LogP contribution in [0.2, 0.25) is 10.0 Å². The number of rotatable bonds is 8. The van der Waals surface area contributed by atoms with Crippen LogP contribution in [-0.4, -0.2) is 37.7 Å². The fourth-order valence-electron chi connectivity index (χ4n) is 2.84. The van der Waals surface area contributed by atoms with Gasteiger partial charge in [0.25, 0.3) is 0 Å². The molecule has 36 heavy (non-hydrogen) atoms. The number of benzene rings is 3. The summed E-state index contributed by atoms with van der Waals surface area (Å²) in [6.45, 7) is 2.39. The van der Waals surface area contributed by atoms with Crippen LogP contribution in [0.25, 0.3) is 0 Å². The second-order valence-corrected chi connectivity index (χ2v) is 7.85. The second kappa shape index (κ2) is 12.6. The number of nitrogens with zero attached hydrogens (tertiary/aromatic N) is 1. The standard InChI is InChI=1S/C25H21Cl2N3O6/c1-3-35-18-8-5-16(6-9-18)25(33)36-21-11-4-15(12-22(21)34-2)14-28-30-24(32)23(31)29-17-7-10-19(26)20(27)13-17/h4-14H,3H2,1-2H3,(H,29,31)(H,30,32). The highest BCUT2D eigenvalue weighted by molar-refractivity contribution is 6.43. The summed E-state index contributed by atoms with van der Waals surface area (Å²) in [7, 11) is 1.42. The lowest BCUT2D eigenvalue weighted by Crippen LogP contribution is -2.32. The minimum absolute atomic E-state index is 0.193. The van der Waals surface area contributed by atoms with Gasteiger partial charge in [-0.15, -0.1) is 0 Å². The number of esters is 1. The van der Waals surface area contributed by atoms with Gasteiger partial charge in [0, 0.05) is 5.69 Å². The Morgan fingerprint density at radius 3 is 2.33 bits per heavy atom. The number of hydrogen-bond donors (Lipinski definition) is 2. The first-order valence-electron chi connectivity index (χ1n) is 10.5. The number of hydrogen-bond acceptors (Lipinski definition) is 7. The molecule has 0 spiro atoms. The van der Waals surface area contributed by atoms with E-state index in [4.69, 9.17) is 37.4 Å². The van der Waals surface area contributed by atoms with Gasteiger partial charge in [-0.25, -0.2) is 10.2 Å². The molecule has 3 aromatic rings. The van der Waals surface area contributed by atoms with E-state index in [1.54, 1.807) is 36.4 Å². The summed E-state index contributed by atoms with van der Waals surface area (Å²) in [5.74, 6) is -1.41. The molecule has 0 saturated carbocycles. The number of nitrogens with one attached hydrogen (secondary N) is 2. The van der Waals surface area contributed by atoms with Crippen molar-refractivity contribution in [2.45, 2.75) is 6.92 Å². The smallest absolute Gasteiger partial charge is 0.343 e. The number of ether oxygens (including phenoxy) is 3. The van der Waals surface area contributed by atoms with Gasteiger partial charge >= 0.3 is 17.8 Å². The van der Waals surface area contributed by atoms with E-state index in [1.807, 2.05) is 6.92 Å². The van der Waals surface area contributed by atoms with E-state index in [1.165, 1.54) is 37.6 Å². The highest BCUT2D eigenvalue weighted by atomic mass is 35.5. The number of methoxy groups -OCH3 is 1. The average molecular weight is 530 g/mol. The Hall–Kier alpha value is -4.08. The molecule has 3 rings (SSSR count). The molecule has 2 N–H and O–H groups in total. The van der Waals surface area contributed by atoms with Crippen molar-refractivity contribution in [1.82, 2.24) is 5.43 Å². The number of halogens is 2. The summed E-state index contributed by atoms with van der Waals surface area (Å²) < 4.78 is 16.1. The lowest BCUT2D eigenvalue weighted by Gasteiger charge is -2.10. The van der Waals surface area contributed by atoms with Gasteiger partial charge in [0.1, 0.15) is 5.75 Å². The fourth-order valence-corrected chi connectivity index (χ4v) is 3.14. The van der Waals surface area contributed by atoms with Crippen LogP contribution in [0.5, 0.6) is 17.2 Å². The topological polar surface area (TPSA) is 115 Å². The highest BCUT2D eigenvalue weighted by Gasteiger charge is 2.15. The lowest BCUT2D eigenvalue weighted by molar-refractivity contribution is -0.136. The molecule has 11 heteroatoms. The lowest BCUT2D eigenvalue weighted by atomic mass is 10.2. The van der Waals surface area contributed by atoms with Gasteiger partial charge < -0.3 is 19.5 Å². The van der Waals surface area contributed by atoms with Gasteiger partial charge in [-0.05, 0) is 73.2 Å². The van der Waals surface area contributed by atoms with Gasteiger partial charge in [0.05, 0.1) is 35.5 Å². The van der Waals surface area contributed by atoms with Crippen LogP contribution in [0.1, 0.15) is 22.8 Å². The maximum Gasteiger partial charge on any atom is 0.343 e. The zero-order valence-corrected chi connectivity index (χ0v) is 20.7. The molecule has 0 heterocycles. The molecule has 0 fully saturated rings. The van der Waals surface area contributed by atoms with Crippen molar-refractivity contribution < 1.29 is 28.6 Å². The van der Waals surface area contributed by atoms with E-state index in [-0.39, 0.29) is 16.5 Å². The summed E-state index contributed by atoms with van der Waals surface area (Å²) >= 11 is 11.7. The summed E-state index contributed by atoms with van der Waals surface area (Å²) in [5, 5.41) is 6.69. The Morgan fingerprint density at radius 1 is 0.917 bits per heavy atom. The first kappa shape index (κ1) is 26.5. The van der Waals surface area contributed by atoms with Crippen LogP contribution in [0.3, 0.4) is 0 Å². The minimum atomic E-state index is -0.995. The Kier molecular flexibility index (Phi) is 9.26. The van der Waals surface area contributed by atoms with Gasteiger partial charge in [-0.1, -0.05) is 23.2 Å². The summed E-state index contributed by atoms with van der Waals surface area (Å²) in [6.07, 6.45) is 1.30. The predicted molar refractivity (Wildman–Crippen MR) is 136 cm³/mol. The highest BCUT2D eigenvalue weighted by Crippen LogP contribution is 2.29. The van der Waals surface area contributed by atoms with Crippen molar-refractivity contribution in [3.8, 4) is 17.2 Å². The van der Waals surface area contributed by atoms with Crippen LogP contribution in [-0.2, 0) is 9.59 Å². The van der Waals surface area contributed by atoms with Crippen molar-refractivity contribution in [2.75, 3.05) is 19.0 Å². The molecular formula is C25H21Cl2N3O6. The molecule has 0 radical (unpaired) electrons. The quantitative estimate of drug-likeness (QED) is 0.143. The van der Waals surface area contributed by atoms with Crippen LogP contribution >= 0.6 is 23.2 Å². The number of hydrazone groups is 1. The van der Waals surface area contributed by atoms with E-state index in [0.717, 1.165) is 0 Å². The summed E-state index contributed by atoms with van der Waals surface area (Å²) in [6, 6.07) is 15.6. The fraction of sp³-hybridized carbons (Fsp3) is 0.120. The number of anilines is 1. The third kappa shape index (κ3) is 7.21. The average Bonchev–Trinajstić information content (AvgIpc) is 2.87. The third-order valence-electron chi connectivity index (χ3n) is 4.55. The van der Waals surface area contributed by atoms with Crippen molar-refractivity contribution >= 4 is 52.9 Å². The molecule has 2 amide bonds. The molecule has 0 aromatic heterocycles. The Morgan fingerprint density at radius 2 is 1.67 bits per heavy atom. The molecule has 3 aromatic carbocycles. The first-order chi connectivity index (χ1) is 17.3. The first-order valence-corrected chi connectivity index (χ1v) is 11.3. The van der Waals surface area contributed by atoms with Crippen molar-refractivity contribution in [1.29, 1.82) is 0 Å².